The van der Waals surface area contributed by atoms with Gasteiger partial charge in [-0.1, -0.05) is 30.1 Å². The van der Waals surface area contributed by atoms with Gasteiger partial charge in [0.25, 0.3) is 5.19 Å². The summed E-state index contributed by atoms with van der Waals surface area (Å²) in [5, 5.41) is 1.23. The quantitative estimate of drug-likeness (QED) is 0.861. The van der Waals surface area contributed by atoms with Crippen LogP contribution >= 0.6 is 34.7 Å². The second-order valence-corrected chi connectivity index (χ2v) is 5.16. The molecule has 2 N–H and O–H groups in total. The molecule has 96 valence electrons. The van der Waals surface area contributed by atoms with Gasteiger partial charge in [-0.05, 0) is 12.5 Å². The summed E-state index contributed by atoms with van der Waals surface area (Å²) in [6.45, 7) is 2.07. The van der Waals surface area contributed by atoms with Crippen molar-refractivity contribution >= 4 is 40.4 Å². The van der Waals surface area contributed by atoms with E-state index in [1.165, 1.54) is 11.5 Å². The third-order valence-corrected chi connectivity index (χ3v) is 3.53. The molecule has 4 nitrogen and oxygen atoms in total. The van der Waals surface area contributed by atoms with E-state index in [4.69, 9.17) is 33.7 Å². The number of nitrogen functional groups attached to an aromatic ring is 1. The Kier molecular flexibility index (Phi) is 4.27. The lowest BCUT2D eigenvalue weighted by molar-refractivity contribution is 0.479. The number of rotatable bonds is 4. The zero-order chi connectivity index (χ0) is 13.1. The molecule has 1 heterocycles. The smallest absolute Gasteiger partial charge is 0.298 e. The Morgan fingerprint density at radius 3 is 2.78 bits per heavy atom. The first-order valence-corrected chi connectivity index (χ1v) is 6.88. The summed E-state index contributed by atoms with van der Waals surface area (Å²) in [6.07, 6.45) is 1.82. The predicted molar refractivity (Wildman–Crippen MR) is 74.9 cm³/mol. The topological polar surface area (TPSA) is 61.0 Å². The summed E-state index contributed by atoms with van der Waals surface area (Å²) in [5.41, 5.74) is 6.21. The maximum absolute atomic E-state index is 5.91. The lowest BCUT2D eigenvalue weighted by atomic mass is 10.3. The molecular weight excluding hydrogens is 293 g/mol. The van der Waals surface area contributed by atoms with Crippen molar-refractivity contribution in [3.05, 3.63) is 28.0 Å². The first kappa shape index (κ1) is 13.4. The minimum atomic E-state index is 0.388. The van der Waals surface area contributed by atoms with Crippen molar-refractivity contribution in [3.8, 4) is 10.9 Å². The zero-order valence-electron chi connectivity index (χ0n) is 9.61. The molecule has 0 saturated carbocycles. The minimum Gasteiger partial charge on any atom is -0.428 e. The lowest BCUT2D eigenvalue weighted by Crippen LogP contribution is -1.93. The van der Waals surface area contributed by atoms with Gasteiger partial charge in [0, 0.05) is 24.0 Å². The number of benzene rings is 1. The third-order valence-electron chi connectivity index (χ3n) is 2.17. The average molecular weight is 304 g/mol. The highest BCUT2D eigenvalue weighted by molar-refractivity contribution is 7.07. The van der Waals surface area contributed by atoms with Gasteiger partial charge in [0.15, 0.2) is 5.75 Å². The van der Waals surface area contributed by atoms with Crippen molar-refractivity contribution in [2.45, 2.75) is 19.8 Å². The van der Waals surface area contributed by atoms with E-state index >= 15 is 0 Å². The van der Waals surface area contributed by atoms with Gasteiger partial charge in [0.1, 0.15) is 5.82 Å². The van der Waals surface area contributed by atoms with E-state index in [1.807, 2.05) is 0 Å². The molecule has 0 aliphatic heterocycles. The van der Waals surface area contributed by atoms with Crippen molar-refractivity contribution in [3.63, 3.8) is 0 Å². The lowest BCUT2D eigenvalue weighted by Gasteiger charge is -2.06. The molecule has 18 heavy (non-hydrogen) atoms. The molecule has 0 unspecified atom stereocenters. The van der Waals surface area contributed by atoms with Gasteiger partial charge in [-0.15, -0.1) is 0 Å². The van der Waals surface area contributed by atoms with E-state index < -0.39 is 0 Å². The molecule has 0 bridgehead atoms. The second-order valence-electron chi connectivity index (χ2n) is 3.63. The Hall–Kier alpha value is -1.04. The van der Waals surface area contributed by atoms with Crippen LogP contribution in [-0.2, 0) is 6.42 Å². The normalized spacial score (nSPS) is 10.6. The monoisotopic (exact) mass is 303 g/mol. The van der Waals surface area contributed by atoms with Gasteiger partial charge in [0.05, 0.1) is 15.7 Å². The molecule has 0 spiro atoms. The SMILES string of the molecule is CCCc1nsc(Oc2cc(Cl)c(Cl)cc2N)n1. The number of hydrogen-bond acceptors (Lipinski definition) is 5. The van der Waals surface area contributed by atoms with Crippen LogP contribution < -0.4 is 10.5 Å². The molecule has 0 fully saturated rings. The van der Waals surface area contributed by atoms with Gasteiger partial charge in [0.2, 0.25) is 0 Å². The van der Waals surface area contributed by atoms with E-state index in [-0.39, 0.29) is 0 Å². The van der Waals surface area contributed by atoms with Gasteiger partial charge >= 0.3 is 0 Å². The Morgan fingerprint density at radius 2 is 2.06 bits per heavy atom. The fraction of sp³-hybridized carbons (Fsp3) is 0.273. The Morgan fingerprint density at radius 1 is 1.33 bits per heavy atom. The summed E-state index contributed by atoms with van der Waals surface area (Å²) >= 11 is 12.9. The molecule has 2 aromatic rings. The Labute approximate surface area is 119 Å². The maximum atomic E-state index is 5.91. The average Bonchev–Trinajstić information content (AvgIpc) is 2.74. The third kappa shape index (κ3) is 3.04. The van der Waals surface area contributed by atoms with Crippen LogP contribution in [-0.4, -0.2) is 9.36 Å². The summed E-state index contributed by atoms with van der Waals surface area (Å²) in [5.74, 6) is 1.21. The molecular formula is C11H11Cl2N3OS. The molecule has 0 amide bonds. The number of halogens is 2. The highest BCUT2D eigenvalue weighted by Crippen LogP contribution is 2.35. The predicted octanol–water partition coefficient (Wildman–Crippen LogP) is 4.17. The van der Waals surface area contributed by atoms with E-state index in [0.717, 1.165) is 18.7 Å². The van der Waals surface area contributed by atoms with Crippen LogP contribution in [0.5, 0.6) is 10.9 Å². The van der Waals surface area contributed by atoms with Crippen LogP contribution in [0.15, 0.2) is 12.1 Å². The molecule has 7 heteroatoms. The molecule has 0 radical (unpaired) electrons. The maximum Gasteiger partial charge on any atom is 0.298 e. The fourth-order valence-electron chi connectivity index (χ4n) is 1.33. The number of anilines is 1. The van der Waals surface area contributed by atoms with Crippen LogP contribution in [0, 0.1) is 0 Å². The Bertz CT molecular complexity index is 559. The highest BCUT2D eigenvalue weighted by atomic mass is 35.5. The molecule has 2 rings (SSSR count). The largest absolute Gasteiger partial charge is 0.428 e. The van der Waals surface area contributed by atoms with Crippen LogP contribution in [0.2, 0.25) is 10.0 Å². The van der Waals surface area contributed by atoms with Gasteiger partial charge in [-0.25, -0.2) is 0 Å². The number of aryl methyl sites for hydroxylation is 1. The summed E-state index contributed by atoms with van der Waals surface area (Å²) in [7, 11) is 0. The number of nitrogens with zero attached hydrogens (tertiary/aromatic N) is 2. The number of aromatic nitrogens is 2. The standard InChI is InChI=1S/C11H11Cl2N3OS/c1-2-3-10-15-11(18-16-10)17-9-5-7(13)6(12)4-8(9)14/h4-5H,2-3,14H2,1H3. The van der Waals surface area contributed by atoms with E-state index in [1.54, 1.807) is 12.1 Å². The van der Waals surface area contributed by atoms with E-state index in [9.17, 15) is 0 Å². The van der Waals surface area contributed by atoms with E-state index in [0.29, 0.717) is 26.7 Å². The molecule has 0 atom stereocenters. The summed E-state index contributed by atoms with van der Waals surface area (Å²) in [6, 6.07) is 3.12. The van der Waals surface area contributed by atoms with Gasteiger partial charge in [-0.3, -0.25) is 0 Å². The van der Waals surface area contributed by atoms with Crippen LogP contribution in [0.1, 0.15) is 19.2 Å². The molecule has 1 aromatic heterocycles. The second kappa shape index (κ2) is 5.73. The molecule has 0 saturated heterocycles. The minimum absolute atomic E-state index is 0.388. The van der Waals surface area contributed by atoms with Crippen LogP contribution in [0.25, 0.3) is 0 Å². The first-order chi connectivity index (χ1) is 8.60. The van der Waals surface area contributed by atoms with E-state index in [2.05, 4.69) is 16.3 Å². The van der Waals surface area contributed by atoms with Crippen LogP contribution in [0.4, 0.5) is 5.69 Å². The van der Waals surface area contributed by atoms with Crippen molar-refractivity contribution in [2.75, 3.05) is 5.73 Å². The summed E-state index contributed by atoms with van der Waals surface area (Å²) in [4.78, 5) is 4.24. The molecule has 1 aromatic carbocycles. The zero-order valence-corrected chi connectivity index (χ0v) is 11.9. The van der Waals surface area contributed by atoms with Gasteiger partial charge in [-0.2, -0.15) is 9.36 Å². The number of ether oxygens (including phenoxy) is 1. The Balaban J connectivity index is 2.20. The highest BCUT2D eigenvalue weighted by Gasteiger charge is 2.10. The van der Waals surface area contributed by atoms with Crippen molar-refractivity contribution in [2.24, 2.45) is 0 Å². The first-order valence-electron chi connectivity index (χ1n) is 5.35. The fourth-order valence-corrected chi connectivity index (χ4v) is 2.25. The van der Waals surface area contributed by atoms with Crippen LogP contribution in [0.3, 0.4) is 0 Å². The molecule has 0 aliphatic rings. The van der Waals surface area contributed by atoms with Crippen molar-refractivity contribution in [1.29, 1.82) is 0 Å². The number of nitrogens with two attached hydrogens (primary N) is 1. The molecule has 0 aliphatic carbocycles. The number of hydrogen-bond donors (Lipinski definition) is 1. The van der Waals surface area contributed by atoms with Crippen molar-refractivity contribution < 1.29 is 4.74 Å². The van der Waals surface area contributed by atoms with Crippen molar-refractivity contribution in [1.82, 2.24) is 9.36 Å². The van der Waals surface area contributed by atoms with Gasteiger partial charge < -0.3 is 10.5 Å². The summed E-state index contributed by atoms with van der Waals surface area (Å²) < 4.78 is 9.73.